The number of amides is 4. The maximum Gasteiger partial charge on any atom is 0.322 e. The molecule has 0 saturated heterocycles. The third-order valence-electron chi connectivity index (χ3n) is 5.31. The van der Waals surface area contributed by atoms with Gasteiger partial charge in [-0.25, -0.2) is 4.79 Å². The topological polar surface area (TPSA) is 81.8 Å². The van der Waals surface area contributed by atoms with Crippen molar-refractivity contribution in [2.45, 2.75) is 39.8 Å². The molecular weight excluding hydrogens is 392 g/mol. The summed E-state index contributed by atoms with van der Waals surface area (Å²) in [6.45, 7) is 8.77. The lowest BCUT2D eigenvalue weighted by Crippen LogP contribution is -2.47. The van der Waals surface area contributed by atoms with Crippen molar-refractivity contribution >= 4 is 29.4 Å². The molecule has 1 aromatic carbocycles. The van der Waals surface area contributed by atoms with Gasteiger partial charge in [0.2, 0.25) is 5.91 Å². The van der Waals surface area contributed by atoms with Crippen LogP contribution in [-0.4, -0.2) is 53.3 Å². The third-order valence-corrected chi connectivity index (χ3v) is 5.66. The van der Waals surface area contributed by atoms with E-state index in [-0.39, 0.29) is 24.4 Å². The number of carbonyl (C=O) groups is 3. The number of nitrogens with one attached hydrogen (secondary N) is 2. The predicted molar refractivity (Wildman–Crippen MR) is 111 cm³/mol. The van der Waals surface area contributed by atoms with E-state index < -0.39 is 12.1 Å². The van der Waals surface area contributed by atoms with Gasteiger partial charge >= 0.3 is 6.03 Å². The van der Waals surface area contributed by atoms with E-state index in [2.05, 4.69) is 10.6 Å². The van der Waals surface area contributed by atoms with Gasteiger partial charge in [0.05, 0.1) is 23.9 Å². The summed E-state index contributed by atoms with van der Waals surface area (Å²) < 4.78 is 0. The molecular formula is C21H27ClN4O3. The number of likely N-dealkylation sites (N-methyl/N-ethyl adjacent to an activating group) is 1. The zero-order valence-corrected chi connectivity index (χ0v) is 17.9. The molecule has 0 aliphatic carbocycles. The van der Waals surface area contributed by atoms with Crippen molar-refractivity contribution in [2.24, 2.45) is 5.92 Å². The molecule has 2 aliphatic heterocycles. The highest BCUT2D eigenvalue weighted by atomic mass is 35.5. The number of rotatable bonds is 6. The lowest BCUT2D eigenvalue weighted by molar-refractivity contribution is -0.135. The molecule has 0 unspecified atom stereocenters. The number of carbonyl (C=O) groups excluding carboxylic acids is 3. The van der Waals surface area contributed by atoms with Gasteiger partial charge in [0, 0.05) is 18.1 Å². The maximum atomic E-state index is 13.4. The lowest BCUT2D eigenvalue weighted by atomic mass is 9.95. The fourth-order valence-corrected chi connectivity index (χ4v) is 3.94. The minimum absolute atomic E-state index is 0.205. The highest BCUT2D eigenvalue weighted by Crippen LogP contribution is 2.38. The molecule has 0 bridgehead atoms. The second-order valence-electron chi connectivity index (χ2n) is 7.76. The van der Waals surface area contributed by atoms with Crippen LogP contribution in [0.25, 0.3) is 0 Å². The molecule has 1 aromatic rings. The summed E-state index contributed by atoms with van der Waals surface area (Å²) in [6, 6.07) is 5.59. The van der Waals surface area contributed by atoms with Crippen molar-refractivity contribution in [3.05, 3.63) is 46.1 Å². The average molecular weight is 419 g/mol. The maximum absolute atomic E-state index is 13.4. The fraction of sp³-hybridized carbons (Fsp3) is 0.476. The van der Waals surface area contributed by atoms with Crippen molar-refractivity contribution in [1.29, 1.82) is 0 Å². The molecule has 2 atom stereocenters. The van der Waals surface area contributed by atoms with E-state index in [0.717, 1.165) is 0 Å². The molecule has 8 heteroatoms. The predicted octanol–water partition coefficient (Wildman–Crippen LogP) is 2.68. The molecule has 2 heterocycles. The average Bonchev–Trinajstić information content (AvgIpc) is 3.02. The molecule has 0 fully saturated rings. The Hall–Kier alpha value is -2.54. The summed E-state index contributed by atoms with van der Waals surface area (Å²) >= 11 is 6.36. The number of urea groups is 1. The molecule has 3 rings (SSSR count). The largest absolute Gasteiger partial charge is 0.354 e. The number of nitrogens with zero attached hydrogens (tertiary/aromatic N) is 2. The number of benzene rings is 1. The summed E-state index contributed by atoms with van der Waals surface area (Å²) in [5.41, 5.74) is 1.77. The Balaban J connectivity index is 1.94. The SMILES string of the molecule is CCN1C(=O)N[C@@H](c2ccccc2Cl)C2=C1CN([C@H](C)C(=O)NCC(C)C)C2=O. The first-order valence-electron chi connectivity index (χ1n) is 9.90. The Morgan fingerprint density at radius 3 is 2.59 bits per heavy atom. The quantitative estimate of drug-likeness (QED) is 0.745. The Morgan fingerprint density at radius 2 is 1.97 bits per heavy atom. The van der Waals surface area contributed by atoms with Crippen LogP contribution < -0.4 is 10.6 Å². The Bertz CT molecular complexity index is 867. The summed E-state index contributed by atoms with van der Waals surface area (Å²) in [6.07, 6.45) is 0. The Morgan fingerprint density at radius 1 is 1.28 bits per heavy atom. The monoisotopic (exact) mass is 418 g/mol. The second kappa shape index (κ2) is 8.45. The molecule has 0 saturated carbocycles. The number of halogens is 1. The first kappa shape index (κ1) is 21.2. The van der Waals surface area contributed by atoms with Crippen LogP contribution in [0.1, 0.15) is 39.3 Å². The van der Waals surface area contributed by atoms with Crippen molar-refractivity contribution in [2.75, 3.05) is 19.6 Å². The van der Waals surface area contributed by atoms with Crippen LogP contribution in [0.15, 0.2) is 35.5 Å². The van der Waals surface area contributed by atoms with E-state index in [4.69, 9.17) is 11.6 Å². The molecule has 0 spiro atoms. The summed E-state index contributed by atoms with van der Waals surface area (Å²) in [4.78, 5) is 41.7. The van der Waals surface area contributed by atoms with Gasteiger partial charge in [-0.1, -0.05) is 43.6 Å². The van der Waals surface area contributed by atoms with Gasteiger partial charge in [-0.05, 0) is 31.4 Å². The van der Waals surface area contributed by atoms with Gasteiger partial charge in [0.15, 0.2) is 0 Å². The molecule has 0 aromatic heterocycles. The van der Waals surface area contributed by atoms with Crippen LogP contribution in [0.5, 0.6) is 0 Å². The van der Waals surface area contributed by atoms with E-state index in [0.29, 0.717) is 40.9 Å². The van der Waals surface area contributed by atoms with Gasteiger partial charge in [-0.15, -0.1) is 0 Å². The molecule has 2 N–H and O–H groups in total. The minimum Gasteiger partial charge on any atom is -0.354 e. The van der Waals surface area contributed by atoms with Gasteiger partial charge in [-0.3, -0.25) is 14.5 Å². The summed E-state index contributed by atoms with van der Waals surface area (Å²) in [5, 5.41) is 6.26. The van der Waals surface area contributed by atoms with E-state index >= 15 is 0 Å². The Kier molecular flexibility index (Phi) is 6.17. The smallest absolute Gasteiger partial charge is 0.322 e. The molecule has 0 radical (unpaired) electrons. The summed E-state index contributed by atoms with van der Waals surface area (Å²) in [7, 11) is 0. The van der Waals surface area contributed by atoms with E-state index in [1.807, 2.05) is 26.8 Å². The highest BCUT2D eigenvalue weighted by Gasteiger charge is 2.46. The standard InChI is InChI=1S/C21H27ClN4O3/c1-5-25-16-11-26(13(4)19(27)23-10-12(2)3)20(28)17(16)18(24-21(25)29)14-8-6-7-9-15(14)22/h6-9,12-13,18H,5,10-11H2,1-4H3,(H,23,27)(H,24,29)/t13-,18+/m1/s1. The van der Waals surface area contributed by atoms with E-state index in [1.54, 1.807) is 30.0 Å². The second-order valence-corrected chi connectivity index (χ2v) is 8.16. The molecule has 29 heavy (non-hydrogen) atoms. The number of hydrogen-bond donors (Lipinski definition) is 2. The van der Waals surface area contributed by atoms with Crippen LogP contribution in [0, 0.1) is 5.92 Å². The Labute approximate surface area is 176 Å². The number of hydrogen-bond acceptors (Lipinski definition) is 3. The minimum atomic E-state index is -0.646. The third kappa shape index (κ3) is 3.96. The van der Waals surface area contributed by atoms with Crippen molar-refractivity contribution in [3.8, 4) is 0 Å². The lowest BCUT2D eigenvalue weighted by Gasteiger charge is -2.33. The van der Waals surface area contributed by atoms with Crippen LogP contribution in [0.3, 0.4) is 0 Å². The van der Waals surface area contributed by atoms with E-state index in [9.17, 15) is 14.4 Å². The normalized spacial score (nSPS) is 20.1. The van der Waals surface area contributed by atoms with Crippen LogP contribution in [0.2, 0.25) is 5.02 Å². The van der Waals surface area contributed by atoms with Crippen molar-refractivity contribution in [3.63, 3.8) is 0 Å². The zero-order valence-electron chi connectivity index (χ0n) is 17.2. The van der Waals surface area contributed by atoms with Gasteiger partial charge < -0.3 is 15.5 Å². The summed E-state index contributed by atoms with van der Waals surface area (Å²) in [5.74, 6) is -0.146. The molecule has 2 aliphatic rings. The van der Waals surface area contributed by atoms with Crippen LogP contribution in [0.4, 0.5) is 4.79 Å². The molecule has 156 valence electrons. The van der Waals surface area contributed by atoms with Crippen molar-refractivity contribution in [1.82, 2.24) is 20.4 Å². The molecule has 7 nitrogen and oxygen atoms in total. The van der Waals surface area contributed by atoms with Crippen LogP contribution in [-0.2, 0) is 9.59 Å². The van der Waals surface area contributed by atoms with Crippen LogP contribution >= 0.6 is 11.6 Å². The van der Waals surface area contributed by atoms with Gasteiger partial charge in [-0.2, -0.15) is 0 Å². The van der Waals surface area contributed by atoms with E-state index in [1.165, 1.54) is 4.90 Å². The van der Waals surface area contributed by atoms with Gasteiger partial charge in [0.1, 0.15) is 6.04 Å². The molecule has 4 amide bonds. The zero-order chi connectivity index (χ0) is 21.3. The first-order valence-corrected chi connectivity index (χ1v) is 10.3. The van der Waals surface area contributed by atoms with Crippen molar-refractivity contribution < 1.29 is 14.4 Å². The fourth-order valence-electron chi connectivity index (χ4n) is 3.70. The van der Waals surface area contributed by atoms with Gasteiger partial charge in [0.25, 0.3) is 5.91 Å². The first-order chi connectivity index (χ1) is 13.8. The highest BCUT2D eigenvalue weighted by molar-refractivity contribution is 6.31.